The lowest BCUT2D eigenvalue weighted by Crippen LogP contribution is -2.49. The molecule has 3 rings (SSSR count). The normalized spacial score (nSPS) is 35.7. The molecule has 0 aromatic carbocycles. The van der Waals surface area contributed by atoms with E-state index in [1.54, 1.807) is 6.08 Å². The summed E-state index contributed by atoms with van der Waals surface area (Å²) in [6.07, 6.45) is -26.2. The van der Waals surface area contributed by atoms with Crippen molar-refractivity contribution in [2.45, 2.75) is 114 Å². The minimum absolute atomic E-state index is 0.00419. The van der Waals surface area contributed by atoms with E-state index >= 15 is 13.2 Å². The van der Waals surface area contributed by atoms with Crippen molar-refractivity contribution in [3.8, 4) is 0 Å². The van der Waals surface area contributed by atoms with Crippen LogP contribution >= 0.6 is 0 Å². The second-order valence-corrected chi connectivity index (χ2v) is 11.3. The van der Waals surface area contributed by atoms with Gasteiger partial charge in [-0.05, 0) is 49.7 Å². The average Bonchev–Trinajstić information content (AvgIpc) is 2.81. The zero-order chi connectivity index (χ0) is 30.9. The maximum atomic E-state index is 15.3. The monoisotopic (exact) mass is 614 g/mol. The molecular formula is C28H34F12O. The van der Waals surface area contributed by atoms with Crippen LogP contribution in [0.4, 0.5) is 52.7 Å². The van der Waals surface area contributed by atoms with Gasteiger partial charge < -0.3 is 4.74 Å². The average molecular weight is 615 g/mol. The van der Waals surface area contributed by atoms with Crippen molar-refractivity contribution in [1.29, 1.82) is 0 Å². The highest BCUT2D eigenvalue weighted by atomic mass is 19.4. The fourth-order valence-corrected chi connectivity index (χ4v) is 5.94. The Balaban J connectivity index is 1.75. The maximum absolute atomic E-state index is 15.3. The van der Waals surface area contributed by atoms with Gasteiger partial charge in [-0.1, -0.05) is 31.6 Å². The standard InChI is InChI=1S/C28H34F12O/c1-3-17(29)24(18(30)7-6-14-5-4-13(2)8-19(14)31)15-9-20(32)26(21(33)10-15)28(39,40)41-16-11-22(34)25(23(35)12-16)27(36,37)38/h5,9,11,13,16-21,23-26H,3-4,6-8,10,12H2,1-2H3/t13?,16?,17?,18?,19?,20?,21?,23-,24+,25?,26?/m0/s1. The third kappa shape index (κ3) is 8.04. The summed E-state index contributed by atoms with van der Waals surface area (Å²) >= 11 is 0. The molecule has 11 atom stereocenters. The molecule has 3 aliphatic carbocycles. The van der Waals surface area contributed by atoms with E-state index in [1.165, 1.54) is 6.92 Å². The summed E-state index contributed by atoms with van der Waals surface area (Å²) in [6, 6.07) is 0. The zero-order valence-corrected chi connectivity index (χ0v) is 22.5. The van der Waals surface area contributed by atoms with Gasteiger partial charge in [0, 0.05) is 18.8 Å². The number of hydrogen-bond acceptors (Lipinski definition) is 1. The van der Waals surface area contributed by atoms with E-state index in [0.29, 0.717) is 18.1 Å². The van der Waals surface area contributed by atoms with Crippen molar-refractivity contribution >= 4 is 0 Å². The first-order valence-corrected chi connectivity index (χ1v) is 13.7. The second kappa shape index (κ2) is 13.3. The van der Waals surface area contributed by atoms with Crippen molar-refractivity contribution in [2.75, 3.05) is 0 Å². The van der Waals surface area contributed by atoms with Crippen LogP contribution in [0.1, 0.15) is 58.8 Å². The number of allylic oxidation sites excluding steroid dienone is 5. The van der Waals surface area contributed by atoms with Crippen LogP contribution in [0.2, 0.25) is 0 Å². The maximum Gasteiger partial charge on any atom is 0.400 e. The predicted molar refractivity (Wildman–Crippen MR) is 128 cm³/mol. The molecule has 0 heterocycles. The molecule has 0 N–H and O–H groups in total. The minimum atomic E-state index is -5.33. The fourth-order valence-electron chi connectivity index (χ4n) is 5.94. The van der Waals surface area contributed by atoms with Gasteiger partial charge in [0.15, 0.2) is 0 Å². The highest BCUT2D eigenvalue weighted by Gasteiger charge is 2.56. The van der Waals surface area contributed by atoms with Crippen LogP contribution in [0.3, 0.4) is 0 Å². The van der Waals surface area contributed by atoms with E-state index in [4.69, 9.17) is 0 Å². The van der Waals surface area contributed by atoms with Gasteiger partial charge in [0.25, 0.3) is 0 Å². The van der Waals surface area contributed by atoms with E-state index in [-0.39, 0.29) is 37.7 Å². The van der Waals surface area contributed by atoms with Gasteiger partial charge in [0.1, 0.15) is 54.7 Å². The third-order valence-electron chi connectivity index (χ3n) is 8.15. The Hall–Kier alpha value is -1.66. The SMILES string of the molecule is CCC(F)[C@@H](C1=CC(F)C(C(F)(F)OC2C=C(F)C(C(F)(F)F)[C@@H](F)C2)C(F)C1)C(F)CCC1=CCC(C)CC1F. The molecule has 0 radical (unpaired) electrons. The van der Waals surface area contributed by atoms with Gasteiger partial charge in [0.05, 0.1) is 6.10 Å². The van der Waals surface area contributed by atoms with Crippen LogP contribution in [0, 0.1) is 23.7 Å². The number of alkyl halides is 11. The van der Waals surface area contributed by atoms with E-state index in [9.17, 15) is 39.5 Å². The number of ether oxygens (including phenoxy) is 1. The van der Waals surface area contributed by atoms with E-state index in [1.807, 2.05) is 6.92 Å². The molecule has 1 nitrogen and oxygen atoms in total. The van der Waals surface area contributed by atoms with Gasteiger partial charge in [-0.3, -0.25) is 0 Å². The highest BCUT2D eigenvalue weighted by molar-refractivity contribution is 5.21. The topological polar surface area (TPSA) is 9.23 Å². The van der Waals surface area contributed by atoms with Crippen LogP contribution in [0.5, 0.6) is 0 Å². The Morgan fingerprint density at radius 1 is 0.951 bits per heavy atom. The number of halogens is 12. The lowest BCUT2D eigenvalue weighted by molar-refractivity contribution is -0.306. The molecular weight excluding hydrogens is 580 g/mol. The molecule has 0 aliphatic heterocycles. The summed E-state index contributed by atoms with van der Waals surface area (Å²) in [5, 5.41) is 0. The smallest absolute Gasteiger partial charge is 0.312 e. The fraction of sp³-hybridized carbons (Fsp3) is 0.786. The van der Waals surface area contributed by atoms with Crippen LogP contribution in [-0.2, 0) is 4.74 Å². The molecule has 0 saturated heterocycles. The molecule has 0 aromatic rings. The van der Waals surface area contributed by atoms with Crippen molar-refractivity contribution in [3.63, 3.8) is 0 Å². The highest BCUT2D eigenvalue weighted by Crippen LogP contribution is 2.47. The van der Waals surface area contributed by atoms with Crippen LogP contribution in [-0.4, -0.2) is 55.4 Å². The molecule has 3 aliphatic rings. The molecule has 0 bridgehead atoms. The first-order chi connectivity index (χ1) is 19.0. The van der Waals surface area contributed by atoms with Crippen molar-refractivity contribution in [3.05, 3.63) is 35.2 Å². The van der Waals surface area contributed by atoms with Crippen LogP contribution in [0.15, 0.2) is 35.2 Å². The summed E-state index contributed by atoms with van der Waals surface area (Å²) < 4.78 is 175. The van der Waals surface area contributed by atoms with Crippen molar-refractivity contribution in [1.82, 2.24) is 0 Å². The van der Waals surface area contributed by atoms with Gasteiger partial charge in [-0.15, -0.1) is 0 Å². The Morgan fingerprint density at radius 3 is 2.15 bits per heavy atom. The summed E-state index contributed by atoms with van der Waals surface area (Å²) in [5.41, 5.74) is -0.0646. The van der Waals surface area contributed by atoms with Gasteiger partial charge in [-0.2, -0.15) is 22.0 Å². The molecule has 236 valence electrons. The Kier molecular flexibility index (Phi) is 11.0. The molecule has 41 heavy (non-hydrogen) atoms. The number of rotatable bonds is 10. The molecule has 0 spiro atoms. The van der Waals surface area contributed by atoms with Crippen molar-refractivity contribution in [2.24, 2.45) is 23.7 Å². The summed E-state index contributed by atoms with van der Waals surface area (Å²) in [5.74, 6) is -9.74. The Morgan fingerprint density at radius 2 is 1.61 bits per heavy atom. The second-order valence-electron chi connectivity index (χ2n) is 11.3. The number of hydrogen-bond donors (Lipinski definition) is 0. The van der Waals surface area contributed by atoms with Gasteiger partial charge in [-0.25, -0.2) is 30.7 Å². The van der Waals surface area contributed by atoms with Gasteiger partial charge >= 0.3 is 12.3 Å². The minimum Gasteiger partial charge on any atom is -0.312 e. The molecule has 9 unspecified atom stereocenters. The molecule has 0 aromatic heterocycles. The van der Waals surface area contributed by atoms with Crippen LogP contribution in [0.25, 0.3) is 0 Å². The third-order valence-corrected chi connectivity index (χ3v) is 8.15. The largest absolute Gasteiger partial charge is 0.400 e. The predicted octanol–water partition coefficient (Wildman–Crippen LogP) is 9.54. The molecule has 0 fully saturated rings. The van der Waals surface area contributed by atoms with Gasteiger partial charge in [0.2, 0.25) is 0 Å². The quantitative estimate of drug-likeness (QED) is 0.176. The molecule has 0 amide bonds. The van der Waals surface area contributed by atoms with E-state index in [0.717, 1.165) is 0 Å². The lowest BCUT2D eigenvalue weighted by Gasteiger charge is -2.39. The van der Waals surface area contributed by atoms with Crippen LogP contribution < -0.4 is 0 Å². The first-order valence-electron chi connectivity index (χ1n) is 13.7. The molecule has 13 heteroatoms. The van der Waals surface area contributed by atoms with E-state index in [2.05, 4.69) is 4.74 Å². The van der Waals surface area contributed by atoms with Crippen molar-refractivity contribution < 1.29 is 57.4 Å². The Labute approximate surface area is 231 Å². The lowest BCUT2D eigenvalue weighted by atomic mass is 9.76. The first kappa shape index (κ1) is 33.8. The summed E-state index contributed by atoms with van der Waals surface area (Å²) in [7, 11) is 0. The molecule has 0 saturated carbocycles. The zero-order valence-electron chi connectivity index (χ0n) is 22.5. The summed E-state index contributed by atoms with van der Waals surface area (Å²) in [4.78, 5) is 0. The van der Waals surface area contributed by atoms with E-state index < -0.39 is 97.4 Å². The Bertz CT molecular complexity index is 976. The summed E-state index contributed by atoms with van der Waals surface area (Å²) in [6.45, 7) is 3.21.